The molecule has 4 heteroatoms. The quantitative estimate of drug-likeness (QED) is 0.619. The maximum atomic E-state index is 11.9. The van der Waals surface area contributed by atoms with E-state index in [2.05, 4.69) is 22.5 Å². The third kappa shape index (κ3) is 5.37. The monoisotopic (exact) mass is 289 g/mol. The summed E-state index contributed by atoms with van der Waals surface area (Å²) in [6.45, 7) is 2.83. The average Bonchev–Trinajstić information content (AvgIpc) is 2.77. The number of carbonyl (C=O) groups is 1. The van der Waals surface area contributed by atoms with Crippen LogP contribution in [0.25, 0.3) is 0 Å². The van der Waals surface area contributed by atoms with E-state index in [0.29, 0.717) is 11.7 Å². The van der Waals surface area contributed by atoms with Crippen LogP contribution in [0.15, 0.2) is 18.3 Å². The minimum absolute atomic E-state index is 0.0792. The molecule has 1 amide bonds. The van der Waals surface area contributed by atoms with Crippen molar-refractivity contribution < 1.29 is 4.79 Å². The number of amides is 1. The third-order valence-corrected chi connectivity index (χ3v) is 4.04. The molecular weight excluding hydrogens is 262 g/mol. The van der Waals surface area contributed by atoms with Crippen molar-refractivity contribution in [2.75, 3.05) is 11.9 Å². The first kappa shape index (κ1) is 15.8. The Morgan fingerprint density at radius 1 is 1.24 bits per heavy atom. The first-order valence-electron chi connectivity index (χ1n) is 8.30. The molecule has 0 atom stereocenters. The highest BCUT2D eigenvalue weighted by atomic mass is 16.1. The summed E-state index contributed by atoms with van der Waals surface area (Å²) in [7, 11) is 0. The number of anilines is 1. The Balaban J connectivity index is 1.84. The summed E-state index contributed by atoms with van der Waals surface area (Å²) in [6.07, 6.45) is 11.7. The Bertz CT molecular complexity index is 422. The average molecular weight is 289 g/mol. The molecule has 1 aromatic rings. The van der Waals surface area contributed by atoms with Crippen LogP contribution in [0.5, 0.6) is 0 Å². The molecule has 2 rings (SSSR count). The zero-order chi connectivity index (χ0) is 14.9. The molecule has 0 aliphatic heterocycles. The van der Waals surface area contributed by atoms with Gasteiger partial charge in [0.15, 0.2) is 0 Å². The van der Waals surface area contributed by atoms with Gasteiger partial charge < -0.3 is 10.6 Å². The van der Waals surface area contributed by atoms with Gasteiger partial charge in [0.1, 0.15) is 5.69 Å². The lowest BCUT2D eigenvalue weighted by atomic mass is 10.1. The molecular formula is C17H27N3O. The fraction of sp³-hybridized carbons (Fsp3) is 0.647. The number of pyridine rings is 1. The fourth-order valence-corrected chi connectivity index (χ4v) is 2.74. The van der Waals surface area contributed by atoms with Crippen LogP contribution in [0.3, 0.4) is 0 Å². The SMILES string of the molecule is CCCCNC(=O)c1ccc(NC2CCCCCC2)cn1. The topological polar surface area (TPSA) is 54.0 Å². The highest BCUT2D eigenvalue weighted by molar-refractivity contribution is 5.92. The molecule has 116 valence electrons. The predicted molar refractivity (Wildman–Crippen MR) is 86.6 cm³/mol. The lowest BCUT2D eigenvalue weighted by molar-refractivity contribution is 0.0948. The number of hydrogen-bond donors (Lipinski definition) is 2. The summed E-state index contributed by atoms with van der Waals surface area (Å²) in [5.41, 5.74) is 1.52. The summed E-state index contributed by atoms with van der Waals surface area (Å²) in [6, 6.07) is 4.32. The predicted octanol–water partition coefficient (Wildman–Crippen LogP) is 3.75. The number of rotatable bonds is 6. The van der Waals surface area contributed by atoms with E-state index >= 15 is 0 Å². The van der Waals surface area contributed by atoms with Crippen molar-refractivity contribution in [1.82, 2.24) is 10.3 Å². The van der Waals surface area contributed by atoms with Crippen LogP contribution in [-0.2, 0) is 0 Å². The van der Waals surface area contributed by atoms with Crippen LogP contribution >= 0.6 is 0 Å². The Morgan fingerprint density at radius 2 is 2.00 bits per heavy atom. The van der Waals surface area contributed by atoms with Crippen molar-refractivity contribution in [1.29, 1.82) is 0 Å². The van der Waals surface area contributed by atoms with E-state index in [4.69, 9.17) is 0 Å². The molecule has 0 unspecified atom stereocenters. The Kier molecular flexibility index (Phi) is 6.51. The number of hydrogen-bond acceptors (Lipinski definition) is 3. The normalized spacial score (nSPS) is 16.2. The maximum absolute atomic E-state index is 11.9. The van der Waals surface area contributed by atoms with E-state index < -0.39 is 0 Å². The molecule has 2 N–H and O–H groups in total. The van der Waals surface area contributed by atoms with Gasteiger partial charge in [-0.2, -0.15) is 0 Å². The molecule has 1 aliphatic rings. The highest BCUT2D eigenvalue weighted by Gasteiger charge is 2.12. The maximum Gasteiger partial charge on any atom is 0.269 e. The van der Waals surface area contributed by atoms with E-state index in [9.17, 15) is 4.79 Å². The van der Waals surface area contributed by atoms with Crippen LogP contribution in [0.1, 0.15) is 68.8 Å². The van der Waals surface area contributed by atoms with Crippen LogP contribution < -0.4 is 10.6 Å². The summed E-state index contributed by atoms with van der Waals surface area (Å²) >= 11 is 0. The molecule has 4 nitrogen and oxygen atoms in total. The van der Waals surface area contributed by atoms with Gasteiger partial charge in [0.2, 0.25) is 0 Å². The minimum atomic E-state index is -0.0792. The molecule has 0 radical (unpaired) electrons. The van der Waals surface area contributed by atoms with Crippen molar-refractivity contribution in [2.24, 2.45) is 0 Å². The van der Waals surface area contributed by atoms with E-state index in [1.807, 2.05) is 6.07 Å². The van der Waals surface area contributed by atoms with E-state index in [0.717, 1.165) is 25.1 Å². The van der Waals surface area contributed by atoms with Crippen LogP contribution in [-0.4, -0.2) is 23.5 Å². The Morgan fingerprint density at radius 3 is 2.62 bits per heavy atom. The molecule has 1 fully saturated rings. The van der Waals surface area contributed by atoms with Crippen molar-refractivity contribution in [2.45, 2.75) is 64.3 Å². The van der Waals surface area contributed by atoms with Gasteiger partial charge in [0.25, 0.3) is 5.91 Å². The zero-order valence-electron chi connectivity index (χ0n) is 13.0. The number of nitrogens with one attached hydrogen (secondary N) is 2. The van der Waals surface area contributed by atoms with Gasteiger partial charge in [-0.1, -0.05) is 39.0 Å². The Hall–Kier alpha value is -1.58. The second kappa shape index (κ2) is 8.65. The molecule has 0 spiro atoms. The number of carbonyl (C=O) groups excluding carboxylic acids is 1. The van der Waals surface area contributed by atoms with Gasteiger partial charge >= 0.3 is 0 Å². The summed E-state index contributed by atoms with van der Waals surface area (Å²) < 4.78 is 0. The lowest BCUT2D eigenvalue weighted by Crippen LogP contribution is -2.25. The van der Waals surface area contributed by atoms with Gasteiger partial charge in [-0.25, -0.2) is 4.98 Å². The van der Waals surface area contributed by atoms with E-state index in [1.165, 1.54) is 38.5 Å². The van der Waals surface area contributed by atoms with Crippen LogP contribution in [0.2, 0.25) is 0 Å². The summed E-state index contributed by atoms with van der Waals surface area (Å²) in [5.74, 6) is -0.0792. The molecule has 0 bridgehead atoms. The number of nitrogens with zero attached hydrogens (tertiary/aromatic N) is 1. The third-order valence-electron chi connectivity index (χ3n) is 4.04. The zero-order valence-corrected chi connectivity index (χ0v) is 13.0. The van der Waals surface area contributed by atoms with Crippen molar-refractivity contribution in [3.8, 4) is 0 Å². The number of aromatic nitrogens is 1. The standard InChI is InChI=1S/C17H27N3O/c1-2-3-12-18-17(21)16-11-10-15(13-19-16)20-14-8-6-4-5-7-9-14/h10-11,13-14,20H,2-9,12H2,1H3,(H,18,21). The molecule has 21 heavy (non-hydrogen) atoms. The summed E-state index contributed by atoms with van der Waals surface area (Å²) in [4.78, 5) is 16.1. The molecule has 0 saturated heterocycles. The van der Waals surface area contributed by atoms with Gasteiger partial charge in [0, 0.05) is 12.6 Å². The number of unbranched alkanes of at least 4 members (excludes halogenated alkanes) is 1. The minimum Gasteiger partial charge on any atom is -0.381 e. The molecule has 1 heterocycles. The van der Waals surface area contributed by atoms with Gasteiger partial charge in [-0.15, -0.1) is 0 Å². The Labute approximate surface area is 127 Å². The van der Waals surface area contributed by atoms with Gasteiger partial charge in [0.05, 0.1) is 11.9 Å². The largest absolute Gasteiger partial charge is 0.381 e. The fourth-order valence-electron chi connectivity index (χ4n) is 2.74. The van der Waals surface area contributed by atoms with Crippen LogP contribution in [0, 0.1) is 0 Å². The van der Waals surface area contributed by atoms with Crippen LogP contribution in [0.4, 0.5) is 5.69 Å². The lowest BCUT2D eigenvalue weighted by Gasteiger charge is -2.17. The second-order valence-corrected chi connectivity index (χ2v) is 5.87. The molecule has 1 saturated carbocycles. The molecule has 0 aromatic carbocycles. The van der Waals surface area contributed by atoms with Crippen molar-refractivity contribution >= 4 is 11.6 Å². The van der Waals surface area contributed by atoms with E-state index in [-0.39, 0.29) is 5.91 Å². The van der Waals surface area contributed by atoms with Gasteiger partial charge in [-0.3, -0.25) is 4.79 Å². The van der Waals surface area contributed by atoms with Crippen molar-refractivity contribution in [3.05, 3.63) is 24.0 Å². The van der Waals surface area contributed by atoms with E-state index in [1.54, 1.807) is 12.3 Å². The summed E-state index contributed by atoms with van der Waals surface area (Å²) in [5, 5.41) is 6.43. The molecule has 1 aliphatic carbocycles. The first-order chi connectivity index (χ1) is 10.3. The smallest absolute Gasteiger partial charge is 0.269 e. The second-order valence-electron chi connectivity index (χ2n) is 5.87. The first-order valence-corrected chi connectivity index (χ1v) is 8.30. The molecule has 1 aromatic heterocycles. The van der Waals surface area contributed by atoms with Crippen molar-refractivity contribution in [3.63, 3.8) is 0 Å². The van der Waals surface area contributed by atoms with Gasteiger partial charge in [-0.05, 0) is 31.4 Å². The highest BCUT2D eigenvalue weighted by Crippen LogP contribution is 2.20.